The van der Waals surface area contributed by atoms with Crippen LogP contribution in [0.15, 0.2) is 59.7 Å². The molecule has 0 atom stereocenters. The number of hydrogen-bond donors (Lipinski definition) is 0. The van der Waals surface area contributed by atoms with Crippen LogP contribution in [0.4, 0.5) is 4.39 Å². The fraction of sp³-hybridized carbons (Fsp3) is 0.0909. The molecule has 28 heavy (non-hydrogen) atoms. The molecule has 0 unspecified atom stereocenters. The number of Topliss-reactive ketones (excluding diaryl/α,β-unsaturated/α-hetero) is 1. The summed E-state index contributed by atoms with van der Waals surface area (Å²) < 4.78 is 25.0. The summed E-state index contributed by atoms with van der Waals surface area (Å²) in [4.78, 5) is 25.7. The normalized spacial score (nSPS) is 14.1. The molecular weight excluding hydrogens is 379 g/mol. The molecule has 0 aliphatic carbocycles. The molecule has 4 nitrogen and oxygen atoms in total. The van der Waals surface area contributed by atoms with Crippen molar-refractivity contribution in [2.45, 2.75) is 13.3 Å². The number of carbonyl (C=O) groups is 2. The molecule has 0 fully saturated rings. The molecule has 0 saturated carbocycles. The Morgan fingerprint density at radius 1 is 1.18 bits per heavy atom. The molecule has 0 radical (unpaired) electrons. The zero-order valence-electron chi connectivity index (χ0n) is 14.9. The number of esters is 1. The van der Waals surface area contributed by atoms with E-state index in [0.29, 0.717) is 22.6 Å². The zero-order valence-corrected chi connectivity index (χ0v) is 15.7. The molecule has 0 bridgehead atoms. The van der Waals surface area contributed by atoms with Crippen molar-refractivity contribution in [1.29, 1.82) is 0 Å². The van der Waals surface area contributed by atoms with Gasteiger partial charge in [-0.05, 0) is 42.6 Å². The van der Waals surface area contributed by atoms with Crippen LogP contribution in [0.3, 0.4) is 0 Å². The van der Waals surface area contributed by atoms with E-state index in [1.54, 1.807) is 37.3 Å². The number of ether oxygens (including phenoxy) is 2. The zero-order chi connectivity index (χ0) is 19.7. The third-order valence-electron chi connectivity index (χ3n) is 4.35. The van der Waals surface area contributed by atoms with Crippen LogP contribution >= 0.6 is 11.3 Å². The molecule has 0 saturated heterocycles. The summed E-state index contributed by atoms with van der Waals surface area (Å²) in [5.74, 6) is -0.475. The van der Waals surface area contributed by atoms with E-state index in [9.17, 15) is 14.0 Å². The fourth-order valence-electron chi connectivity index (χ4n) is 2.93. The molecule has 6 heteroatoms. The minimum absolute atomic E-state index is 0.0327. The van der Waals surface area contributed by atoms with E-state index < -0.39 is 11.8 Å². The van der Waals surface area contributed by atoms with Crippen LogP contribution in [-0.4, -0.2) is 11.8 Å². The van der Waals surface area contributed by atoms with Crippen molar-refractivity contribution in [2.75, 3.05) is 0 Å². The minimum atomic E-state index is -0.442. The summed E-state index contributed by atoms with van der Waals surface area (Å²) >= 11 is 1.48. The molecule has 2 aromatic carbocycles. The highest BCUT2D eigenvalue weighted by Gasteiger charge is 2.30. The Hall–Kier alpha value is -3.25. The van der Waals surface area contributed by atoms with E-state index in [1.807, 2.05) is 17.5 Å². The smallest absolute Gasteiger partial charge is 0.316 e. The molecule has 3 aromatic rings. The minimum Gasteiger partial charge on any atom is -0.452 e. The molecule has 1 aliphatic rings. The maximum absolute atomic E-state index is 13.9. The first-order chi connectivity index (χ1) is 13.5. The van der Waals surface area contributed by atoms with Gasteiger partial charge in [0, 0.05) is 16.0 Å². The summed E-state index contributed by atoms with van der Waals surface area (Å²) in [7, 11) is 0. The maximum atomic E-state index is 13.9. The second-order valence-electron chi connectivity index (χ2n) is 6.26. The van der Waals surface area contributed by atoms with Gasteiger partial charge in [0.05, 0.1) is 12.0 Å². The van der Waals surface area contributed by atoms with Crippen LogP contribution in [0, 0.1) is 12.7 Å². The van der Waals surface area contributed by atoms with E-state index >= 15 is 0 Å². The van der Waals surface area contributed by atoms with E-state index in [2.05, 4.69) is 0 Å². The number of thiophene rings is 1. The third kappa shape index (κ3) is 3.46. The van der Waals surface area contributed by atoms with Crippen LogP contribution < -0.4 is 9.47 Å². The highest BCUT2D eigenvalue weighted by atomic mass is 32.1. The van der Waals surface area contributed by atoms with Gasteiger partial charge in [-0.3, -0.25) is 9.59 Å². The van der Waals surface area contributed by atoms with Crippen molar-refractivity contribution < 1.29 is 23.5 Å². The quantitative estimate of drug-likeness (QED) is 0.357. The lowest BCUT2D eigenvalue weighted by Crippen LogP contribution is -2.11. The first-order valence-electron chi connectivity index (χ1n) is 8.58. The monoisotopic (exact) mass is 394 g/mol. The van der Waals surface area contributed by atoms with Crippen molar-refractivity contribution in [2.24, 2.45) is 0 Å². The van der Waals surface area contributed by atoms with Crippen LogP contribution in [-0.2, 0) is 11.2 Å². The average Bonchev–Trinajstić information content (AvgIpc) is 3.28. The van der Waals surface area contributed by atoms with Gasteiger partial charge < -0.3 is 9.47 Å². The number of halogens is 1. The second-order valence-corrected chi connectivity index (χ2v) is 7.29. The predicted molar refractivity (Wildman–Crippen MR) is 104 cm³/mol. The van der Waals surface area contributed by atoms with E-state index in [-0.39, 0.29) is 23.5 Å². The topological polar surface area (TPSA) is 52.6 Å². The highest BCUT2D eigenvalue weighted by Crippen LogP contribution is 2.39. The maximum Gasteiger partial charge on any atom is 0.316 e. The number of rotatable bonds is 4. The molecular formula is C22H15FO4S. The largest absolute Gasteiger partial charge is 0.452 e. The Morgan fingerprint density at radius 2 is 2.00 bits per heavy atom. The lowest BCUT2D eigenvalue weighted by Gasteiger charge is -2.09. The number of allylic oxidation sites excluding steroid dienone is 1. The first-order valence-corrected chi connectivity index (χ1v) is 9.46. The number of ketones is 1. The number of benzene rings is 2. The Balaban J connectivity index is 1.58. The average molecular weight is 394 g/mol. The summed E-state index contributed by atoms with van der Waals surface area (Å²) in [5.41, 5.74) is 1.17. The van der Waals surface area contributed by atoms with Gasteiger partial charge in [0.2, 0.25) is 5.78 Å². The van der Waals surface area contributed by atoms with Gasteiger partial charge in [0.1, 0.15) is 17.3 Å². The van der Waals surface area contributed by atoms with Gasteiger partial charge in [0.25, 0.3) is 0 Å². The number of fused-ring (bicyclic) bond motifs is 1. The summed E-state index contributed by atoms with van der Waals surface area (Å²) in [6, 6.07) is 13.0. The summed E-state index contributed by atoms with van der Waals surface area (Å²) in [6.07, 6.45) is 1.55. The van der Waals surface area contributed by atoms with E-state index in [0.717, 1.165) is 4.88 Å². The number of carbonyl (C=O) groups excluding carboxylic acids is 2. The standard InChI is InChI=1S/C22H15FO4S/c1-13-18(26-20(24)12-15-6-4-10-28-15)9-8-16-21(25)19(27-22(13)16)11-14-5-2-3-7-17(14)23/h2-11H,12H2,1H3/b19-11-. The van der Waals surface area contributed by atoms with Gasteiger partial charge in [-0.2, -0.15) is 0 Å². The van der Waals surface area contributed by atoms with Crippen molar-refractivity contribution in [3.63, 3.8) is 0 Å². The van der Waals surface area contributed by atoms with Crippen LogP contribution in [0.1, 0.15) is 26.4 Å². The predicted octanol–water partition coefficient (Wildman–Crippen LogP) is 4.96. The van der Waals surface area contributed by atoms with Gasteiger partial charge in [0.15, 0.2) is 5.76 Å². The van der Waals surface area contributed by atoms with Crippen molar-refractivity contribution in [3.8, 4) is 11.5 Å². The summed E-state index contributed by atoms with van der Waals surface area (Å²) in [6.45, 7) is 1.71. The second kappa shape index (κ2) is 7.40. The SMILES string of the molecule is Cc1c(OC(=O)Cc2cccs2)ccc2c1O/C(=C\c1ccccc1F)C2=O. The van der Waals surface area contributed by atoms with Gasteiger partial charge in [-0.25, -0.2) is 4.39 Å². The Labute approximate surface area is 164 Å². The molecule has 0 amide bonds. The lowest BCUT2D eigenvalue weighted by atomic mass is 10.1. The molecule has 1 aliphatic heterocycles. The number of hydrogen-bond acceptors (Lipinski definition) is 5. The fourth-order valence-corrected chi connectivity index (χ4v) is 3.62. The molecule has 140 valence electrons. The highest BCUT2D eigenvalue weighted by molar-refractivity contribution is 7.10. The van der Waals surface area contributed by atoms with Crippen LogP contribution in [0.2, 0.25) is 0 Å². The van der Waals surface area contributed by atoms with E-state index in [4.69, 9.17) is 9.47 Å². The van der Waals surface area contributed by atoms with Gasteiger partial charge >= 0.3 is 5.97 Å². The Morgan fingerprint density at radius 3 is 2.75 bits per heavy atom. The van der Waals surface area contributed by atoms with E-state index in [1.165, 1.54) is 23.5 Å². The van der Waals surface area contributed by atoms with Gasteiger partial charge in [-0.1, -0.05) is 24.3 Å². The summed E-state index contributed by atoms with van der Waals surface area (Å²) in [5, 5.41) is 1.89. The van der Waals surface area contributed by atoms with Crippen molar-refractivity contribution in [3.05, 3.63) is 87.1 Å². The third-order valence-corrected chi connectivity index (χ3v) is 5.23. The molecule has 0 N–H and O–H groups in total. The van der Waals surface area contributed by atoms with Crippen LogP contribution in [0.25, 0.3) is 6.08 Å². The van der Waals surface area contributed by atoms with Crippen molar-refractivity contribution in [1.82, 2.24) is 0 Å². The lowest BCUT2D eigenvalue weighted by molar-refractivity contribution is -0.133. The first kappa shape index (κ1) is 18.1. The van der Waals surface area contributed by atoms with Crippen molar-refractivity contribution >= 4 is 29.2 Å². The molecule has 2 heterocycles. The Bertz CT molecular complexity index is 1100. The van der Waals surface area contributed by atoms with Gasteiger partial charge in [-0.15, -0.1) is 11.3 Å². The van der Waals surface area contributed by atoms with Crippen LogP contribution in [0.5, 0.6) is 11.5 Å². The molecule has 4 rings (SSSR count). The molecule has 1 aromatic heterocycles. The molecule has 0 spiro atoms. The Kier molecular flexibility index (Phi) is 4.79.